The summed E-state index contributed by atoms with van der Waals surface area (Å²) in [7, 11) is 0. The molecule has 0 atom stereocenters. The summed E-state index contributed by atoms with van der Waals surface area (Å²) in [5, 5.41) is 0. The van der Waals surface area contributed by atoms with Crippen LogP contribution in [0.2, 0.25) is 0 Å². The largest absolute Gasteiger partial charge is 0.311 e. The minimum absolute atomic E-state index is 0.0308. The van der Waals surface area contributed by atoms with Crippen molar-refractivity contribution >= 4 is 11.6 Å². The maximum Gasteiger partial charge on any atom is 0.227 e. The molecule has 0 saturated carbocycles. The number of halogens is 1. The number of carbonyl (C=O) groups is 1. The van der Waals surface area contributed by atoms with Gasteiger partial charge in [-0.2, -0.15) is 0 Å². The molecule has 0 N–H and O–H groups in total. The number of likely N-dealkylation sites (tertiary alicyclic amines) is 1. The second-order valence-corrected chi connectivity index (χ2v) is 9.67. The summed E-state index contributed by atoms with van der Waals surface area (Å²) in [6.45, 7) is 5.73. The predicted molar refractivity (Wildman–Crippen MR) is 131 cm³/mol. The van der Waals surface area contributed by atoms with E-state index in [1.54, 1.807) is 0 Å². The third kappa shape index (κ3) is 4.58. The van der Waals surface area contributed by atoms with Crippen LogP contribution in [0.4, 0.5) is 10.1 Å². The van der Waals surface area contributed by atoms with Crippen LogP contribution in [0.5, 0.6) is 0 Å². The summed E-state index contributed by atoms with van der Waals surface area (Å²) in [5.74, 6) is 0.0286. The number of fused-ring (bicyclic) bond motifs is 2. The minimum atomic E-state index is -0.189. The van der Waals surface area contributed by atoms with Crippen molar-refractivity contribution in [1.82, 2.24) is 4.90 Å². The van der Waals surface area contributed by atoms with Crippen LogP contribution in [-0.2, 0) is 23.2 Å². The maximum absolute atomic E-state index is 13.3. The normalized spacial score (nSPS) is 17.3. The third-order valence-electron chi connectivity index (χ3n) is 7.38. The summed E-state index contributed by atoms with van der Waals surface area (Å²) in [6.07, 6.45) is 3.38. The topological polar surface area (TPSA) is 23.6 Å². The molecule has 3 nitrogen and oxygen atoms in total. The molecular formula is C29H31FN2O. The molecule has 0 aliphatic carbocycles. The van der Waals surface area contributed by atoms with Gasteiger partial charge in [0.05, 0.1) is 0 Å². The van der Waals surface area contributed by atoms with Crippen LogP contribution in [0.1, 0.15) is 41.5 Å². The van der Waals surface area contributed by atoms with E-state index < -0.39 is 0 Å². The first-order chi connectivity index (χ1) is 16.0. The summed E-state index contributed by atoms with van der Waals surface area (Å²) in [6, 6.07) is 23.6. The number of nitrogens with zero attached hydrogens (tertiary/aromatic N) is 2. The Balaban J connectivity index is 1.30. The fraction of sp³-hybridized carbons (Fsp3) is 0.345. The highest BCUT2D eigenvalue weighted by molar-refractivity contribution is 5.96. The molecule has 1 amide bonds. The molecule has 4 heteroatoms. The van der Waals surface area contributed by atoms with Gasteiger partial charge < -0.3 is 4.90 Å². The van der Waals surface area contributed by atoms with Crippen molar-refractivity contribution in [2.75, 3.05) is 24.5 Å². The first-order valence-corrected chi connectivity index (χ1v) is 11.9. The fourth-order valence-electron chi connectivity index (χ4n) is 5.45. The summed E-state index contributed by atoms with van der Waals surface area (Å²) in [5.41, 5.74) is 6.08. The molecule has 3 aromatic carbocycles. The molecule has 2 heterocycles. The Bertz CT molecular complexity index is 1120. The second-order valence-electron chi connectivity index (χ2n) is 9.67. The molecule has 0 aromatic heterocycles. The molecule has 3 aromatic rings. The monoisotopic (exact) mass is 442 g/mol. The Morgan fingerprint density at radius 3 is 2.39 bits per heavy atom. The zero-order valence-corrected chi connectivity index (χ0v) is 19.3. The molecule has 1 fully saturated rings. The standard InChI is InChI=1S/C29H31FN2O/c1-22-7-13-27-26(19-22)29(21-32(27)28(33)14-10-23-5-3-2-4-6-23)15-17-31(18-16-29)20-24-8-11-25(30)12-9-24/h2-9,11-13,19H,10,14-18,20-21H2,1H3. The van der Waals surface area contributed by atoms with E-state index in [2.05, 4.69) is 42.2 Å². The van der Waals surface area contributed by atoms with Gasteiger partial charge >= 0.3 is 0 Å². The predicted octanol–water partition coefficient (Wildman–Crippen LogP) is 5.65. The number of hydrogen-bond acceptors (Lipinski definition) is 2. The van der Waals surface area contributed by atoms with Crippen molar-refractivity contribution in [2.24, 2.45) is 0 Å². The minimum Gasteiger partial charge on any atom is -0.311 e. The number of aryl methyl sites for hydroxylation is 2. The summed E-state index contributed by atoms with van der Waals surface area (Å²) in [4.78, 5) is 17.8. The molecule has 1 saturated heterocycles. The smallest absolute Gasteiger partial charge is 0.227 e. The van der Waals surface area contributed by atoms with Gasteiger partial charge in [0.2, 0.25) is 5.91 Å². The lowest BCUT2D eigenvalue weighted by molar-refractivity contribution is -0.118. The lowest BCUT2D eigenvalue weighted by Gasteiger charge is -2.40. The molecule has 1 spiro atoms. The van der Waals surface area contributed by atoms with Gasteiger partial charge in [-0.15, -0.1) is 0 Å². The molecule has 33 heavy (non-hydrogen) atoms. The van der Waals surface area contributed by atoms with E-state index in [0.29, 0.717) is 6.42 Å². The quantitative estimate of drug-likeness (QED) is 0.510. The van der Waals surface area contributed by atoms with Crippen LogP contribution < -0.4 is 4.90 Å². The highest BCUT2D eigenvalue weighted by atomic mass is 19.1. The van der Waals surface area contributed by atoms with Gasteiger partial charge in [0.25, 0.3) is 0 Å². The van der Waals surface area contributed by atoms with Crippen LogP contribution in [0.3, 0.4) is 0 Å². The van der Waals surface area contributed by atoms with Crippen molar-refractivity contribution in [3.8, 4) is 0 Å². The molecular weight excluding hydrogens is 411 g/mol. The van der Waals surface area contributed by atoms with E-state index in [4.69, 9.17) is 0 Å². The van der Waals surface area contributed by atoms with E-state index in [9.17, 15) is 9.18 Å². The summed E-state index contributed by atoms with van der Waals surface area (Å²) < 4.78 is 13.2. The molecule has 0 bridgehead atoms. The van der Waals surface area contributed by atoms with Crippen molar-refractivity contribution in [2.45, 2.75) is 44.6 Å². The Labute approximate surface area is 195 Å². The lowest BCUT2D eigenvalue weighted by atomic mass is 9.74. The van der Waals surface area contributed by atoms with Gasteiger partial charge in [0, 0.05) is 30.6 Å². The number of rotatable bonds is 5. The van der Waals surface area contributed by atoms with Gasteiger partial charge in [0.1, 0.15) is 5.82 Å². The Hall–Kier alpha value is -2.98. The number of anilines is 1. The van der Waals surface area contributed by atoms with Crippen molar-refractivity contribution in [1.29, 1.82) is 0 Å². The lowest BCUT2D eigenvalue weighted by Crippen LogP contribution is -2.45. The van der Waals surface area contributed by atoms with E-state index in [0.717, 1.165) is 56.7 Å². The van der Waals surface area contributed by atoms with Crippen LogP contribution in [0.25, 0.3) is 0 Å². The number of hydrogen-bond donors (Lipinski definition) is 0. The first kappa shape index (κ1) is 21.8. The van der Waals surface area contributed by atoms with Gasteiger partial charge in [0.15, 0.2) is 0 Å². The second kappa shape index (κ2) is 9.11. The number of amides is 1. The molecule has 2 aliphatic heterocycles. The Kier molecular flexibility index (Phi) is 6.03. The van der Waals surface area contributed by atoms with Crippen LogP contribution in [0, 0.1) is 12.7 Å². The van der Waals surface area contributed by atoms with E-state index in [1.807, 2.05) is 35.2 Å². The maximum atomic E-state index is 13.3. The highest BCUT2D eigenvalue weighted by Gasteiger charge is 2.46. The number of benzene rings is 3. The van der Waals surface area contributed by atoms with Crippen molar-refractivity contribution < 1.29 is 9.18 Å². The van der Waals surface area contributed by atoms with Gasteiger partial charge in [-0.3, -0.25) is 9.69 Å². The van der Waals surface area contributed by atoms with E-state index in [1.165, 1.54) is 28.8 Å². The SMILES string of the molecule is Cc1ccc2c(c1)C1(CCN(Cc3ccc(F)cc3)CC1)CN2C(=O)CCc1ccccc1. The third-order valence-corrected chi connectivity index (χ3v) is 7.38. The average molecular weight is 443 g/mol. The van der Waals surface area contributed by atoms with Gasteiger partial charge in [-0.05, 0) is 74.2 Å². The van der Waals surface area contributed by atoms with Crippen LogP contribution in [-0.4, -0.2) is 30.4 Å². The van der Waals surface area contributed by atoms with Gasteiger partial charge in [-0.25, -0.2) is 4.39 Å². The molecule has 5 rings (SSSR count). The zero-order chi connectivity index (χ0) is 22.8. The molecule has 0 unspecified atom stereocenters. The van der Waals surface area contributed by atoms with Crippen molar-refractivity contribution in [3.05, 3.63) is 101 Å². The Morgan fingerprint density at radius 2 is 1.67 bits per heavy atom. The number of carbonyl (C=O) groups excluding carboxylic acids is 1. The van der Waals surface area contributed by atoms with E-state index in [-0.39, 0.29) is 17.1 Å². The van der Waals surface area contributed by atoms with Crippen LogP contribution in [0.15, 0.2) is 72.8 Å². The van der Waals surface area contributed by atoms with Crippen molar-refractivity contribution in [3.63, 3.8) is 0 Å². The summed E-state index contributed by atoms with van der Waals surface area (Å²) >= 11 is 0. The van der Waals surface area contributed by atoms with Crippen LogP contribution >= 0.6 is 0 Å². The molecule has 0 radical (unpaired) electrons. The Morgan fingerprint density at radius 1 is 0.939 bits per heavy atom. The zero-order valence-electron chi connectivity index (χ0n) is 19.3. The highest BCUT2D eigenvalue weighted by Crippen LogP contribution is 2.47. The molecule has 170 valence electrons. The average Bonchev–Trinajstić information content (AvgIpc) is 3.14. The fourth-order valence-corrected chi connectivity index (χ4v) is 5.45. The molecule has 2 aliphatic rings. The number of piperidine rings is 1. The first-order valence-electron chi connectivity index (χ1n) is 11.9. The van der Waals surface area contributed by atoms with Gasteiger partial charge in [-0.1, -0.05) is 60.2 Å². The van der Waals surface area contributed by atoms with E-state index >= 15 is 0 Å².